The van der Waals surface area contributed by atoms with Crippen molar-refractivity contribution < 1.29 is 9.90 Å². The highest BCUT2D eigenvalue weighted by molar-refractivity contribution is 6.00. The average molecular weight is 248 g/mol. The van der Waals surface area contributed by atoms with Gasteiger partial charge in [-0.05, 0) is 24.5 Å². The number of imidazole rings is 1. The van der Waals surface area contributed by atoms with Crippen molar-refractivity contribution in [2.24, 2.45) is 5.92 Å². The van der Waals surface area contributed by atoms with E-state index in [0.29, 0.717) is 23.5 Å². The Bertz CT molecular complexity index is 637. The molecule has 0 aliphatic carbocycles. The number of para-hydroxylation sites is 1. The van der Waals surface area contributed by atoms with Gasteiger partial charge in [-0.2, -0.15) is 0 Å². The zero-order valence-electron chi connectivity index (χ0n) is 10.4. The number of aryl methyl sites for hydroxylation is 1. The Morgan fingerprint density at radius 3 is 2.78 bits per heavy atom. The smallest absolute Gasteiger partial charge is 0.337 e. The number of nitrogens with zero attached hydrogens (tertiary/aromatic N) is 1. The summed E-state index contributed by atoms with van der Waals surface area (Å²) in [6, 6.07) is 4.92. The maximum absolute atomic E-state index is 11.8. The van der Waals surface area contributed by atoms with Crippen LogP contribution in [0.15, 0.2) is 23.0 Å². The van der Waals surface area contributed by atoms with Crippen LogP contribution in [0.2, 0.25) is 0 Å². The van der Waals surface area contributed by atoms with Crippen LogP contribution in [0.5, 0.6) is 0 Å². The summed E-state index contributed by atoms with van der Waals surface area (Å²) in [7, 11) is 0. The Morgan fingerprint density at radius 1 is 1.44 bits per heavy atom. The first-order chi connectivity index (χ1) is 8.50. The minimum Gasteiger partial charge on any atom is -0.478 e. The van der Waals surface area contributed by atoms with E-state index in [9.17, 15) is 9.59 Å². The molecule has 0 bridgehead atoms. The van der Waals surface area contributed by atoms with Gasteiger partial charge in [-0.25, -0.2) is 9.59 Å². The second-order valence-electron chi connectivity index (χ2n) is 4.77. The molecule has 2 rings (SSSR count). The topological polar surface area (TPSA) is 75.1 Å². The van der Waals surface area contributed by atoms with Gasteiger partial charge in [0.05, 0.1) is 16.6 Å². The van der Waals surface area contributed by atoms with Crippen LogP contribution in [0.3, 0.4) is 0 Å². The van der Waals surface area contributed by atoms with Crippen LogP contribution in [-0.2, 0) is 6.54 Å². The van der Waals surface area contributed by atoms with E-state index in [1.165, 1.54) is 6.07 Å². The number of aromatic amines is 1. The van der Waals surface area contributed by atoms with Crippen molar-refractivity contribution in [3.05, 3.63) is 34.2 Å². The highest BCUT2D eigenvalue weighted by atomic mass is 16.4. The van der Waals surface area contributed by atoms with E-state index in [1.807, 2.05) is 0 Å². The summed E-state index contributed by atoms with van der Waals surface area (Å²) in [5.41, 5.74) is 0.937. The van der Waals surface area contributed by atoms with E-state index in [2.05, 4.69) is 18.8 Å². The number of benzene rings is 1. The number of carbonyl (C=O) groups is 1. The molecule has 18 heavy (non-hydrogen) atoms. The van der Waals surface area contributed by atoms with Gasteiger partial charge in [-0.3, -0.25) is 4.57 Å². The highest BCUT2D eigenvalue weighted by Gasteiger charge is 2.14. The Morgan fingerprint density at radius 2 is 2.17 bits per heavy atom. The summed E-state index contributed by atoms with van der Waals surface area (Å²) in [6.07, 6.45) is 0.879. The molecule has 0 saturated heterocycles. The molecule has 0 saturated carbocycles. The first kappa shape index (κ1) is 12.4. The molecule has 2 N–H and O–H groups in total. The molecule has 0 atom stereocenters. The van der Waals surface area contributed by atoms with Gasteiger partial charge < -0.3 is 10.1 Å². The van der Waals surface area contributed by atoms with Gasteiger partial charge in [-0.15, -0.1) is 0 Å². The minimum atomic E-state index is -1.03. The summed E-state index contributed by atoms with van der Waals surface area (Å²) in [5, 5.41) is 9.07. The van der Waals surface area contributed by atoms with Gasteiger partial charge in [0.15, 0.2) is 0 Å². The molecule has 5 heteroatoms. The molecule has 1 heterocycles. The van der Waals surface area contributed by atoms with E-state index in [0.717, 1.165) is 6.42 Å². The molecule has 0 unspecified atom stereocenters. The zero-order valence-corrected chi connectivity index (χ0v) is 10.4. The van der Waals surface area contributed by atoms with E-state index in [4.69, 9.17) is 5.11 Å². The van der Waals surface area contributed by atoms with Gasteiger partial charge >= 0.3 is 11.7 Å². The first-order valence-electron chi connectivity index (χ1n) is 5.95. The van der Waals surface area contributed by atoms with Crippen LogP contribution >= 0.6 is 0 Å². The number of fused-ring (bicyclic) bond motifs is 1. The second kappa shape index (κ2) is 4.68. The van der Waals surface area contributed by atoms with Crippen molar-refractivity contribution in [2.75, 3.05) is 0 Å². The van der Waals surface area contributed by atoms with E-state index in [-0.39, 0.29) is 11.3 Å². The fourth-order valence-corrected chi connectivity index (χ4v) is 1.97. The van der Waals surface area contributed by atoms with E-state index in [1.54, 1.807) is 16.7 Å². The maximum atomic E-state index is 11.8. The molecular formula is C13H16N2O3. The predicted molar refractivity (Wildman–Crippen MR) is 69.0 cm³/mol. The largest absolute Gasteiger partial charge is 0.478 e. The third-order valence-corrected chi connectivity index (χ3v) is 2.97. The summed E-state index contributed by atoms with van der Waals surface area (Å²) in [5.74, 6) is -0.539. The van der Waals surface area contributed by atoms with Crippen molar-refractivity contribution in [2.45, 2.75) is 26.8 Å². The second-order valence-corrected chi connectivity index (χ2v) is 4.77. The normalized spacial score (nSPS) is 11.3. The Kier molecular flexibility index (Phi) is 3.23. The Balaban J connectivity index is 2.55. The van der Waals surface area contributed by atoms with Gasteiger partial charge in [0, 0.05) is 6.54 Å². The van der Waals surface area contributed by atoms with Gasteiger partial charge in [-0.1, -0.05) is 19.9 Å². The molecular weight excluding hydrogens is 232 g/mol. The van der Waals surface area contributed by atoms with Crippen molar-refractivity contribution in [3.8, 4) is 0 Å². The molecule has 0 fully saturated rings. The standard InChI is InChI=1S/C13H16N2O3/c1-8(2)6-7-15-10-5-3-4-9(12(16)17)11(10)14-13(15)18/h3-5,8H,6-7H2,1-2H3,(H,14,18)(H,16,17). The van der Waals surface area contributed by atoms with Crippen LogP contribution in [0.4, 0.5) is 0 Å². The van der Waals surface area contributed by atoms with Crippen molar-refractivity contribution >= 4 is 17.0 Å². The molecule has 0 spiro atoms. The van der Waals surface area contributed by atoms with Crippen LogP contribution in [0, 0.1) is 5.92 Å². The lowest BCUT2D eigenvalue weighted by molar-refractivity contribution is 0.0699. The van der Waals surface area contributed by atoms with E-state index < -0.39 is 5.97 Å². The molecule has 1 aromatic heterocycles. The van der Waals surface area contributed by atoms with E-state index >= 15 is 0 Å². The number of aromatic nitrogens is 2. The summed E-state index contributed by atoms with van der Waals surface area (Å²) < 4.78 is 1.60. The molecule has 0 aliphatic heterocycles. The minimum absolute atomic E-state index is 0.132. The Hall–Kier alpha value is -2.04. The monoisotopic (exact) mass is 248 g/mol. The van der Waals surface area contributed by atoms with Gasteiger partial charge in [0.2, 0.25) is 0 Å². The van der Waals surface area contributed by atoms with Crippen molar-refractivity contribution in [1.82, 2.24) is 9.55 Å². The molecule has 96 valence electrons. The lowest BCUT2D eigenvalue weighted by Crippen LogP contribution is -2.17. The lowest BCUT2D eigenvalue weighted by Gasteiger charge is -2.06. The number of rotatable bonds is 4. The molecule has 2 aromatic rings. The molecule has 0 radical (unpaired) electrons. The number of aromatic carboxylic acids is 1. The third-order valence-electron chi connectivity index (χ3n) is 2.97. The number of nitrogens with one attached hydrogen (secondary N) is 1. The van der Waals surface area contributed by atoms with Crippen LogP contribution in [0.1, 0.15) is 30.6 Å². The maximum Gasteiger partial charge on any atom is 0.337 e. The number of H-pyrrole nitrogens is 1. The molecule has 0 aliphatic rings. The zero-order chi connectivity index (χ0) is 13.3. The van der Waals surface area contributed by atoms with Crippen LogP contribution in [-0.4, -0.2) is 20.6 Å². The van der Waals surface area contributed by atoms with Gasteiger partial charge in [0.1, 0.15) is 0 Å². The number of carboxylic acids is 1. The Labute approximate surface area is 104 Å². The molecule has 1 aromatic carbocycles. The summed E-state index contributed by atoms with van der Waals surface area (Å²) in [6.45, 7) is 4.77. The third kappa shape index (κ3) is 2.16. The van der Waals surface area contributed by atoms with Crippen LogP contribution < -0.4 is 5.69 Å². The molecule has 5 nitrogen and oxygen atoms in total. The van der Waals surface area contributed by atoms with Crippen molar-refractivity contribution in [3.63, 3.8) is 0 Å². The number of hydrogen-bond donors (Lipinski definition) is 2. The fourth-order valence-electron chi connectivity index (χ4n) is 1.97. The predicted octanol–water partition coefficient (Wildman–Crippen LogP) is 2.07. The highest BCUT2D eigenvalue weighted by Crippen LogP contribution is 2.16. The number of hydrogen-bond acceptors (Lipinski definition) is 2. The van der Waals surface area contributed by atoms with Crippen LogP contribution in [0.25, 0.3) is 11.0 Å². The number of carboxylic acid groups (broad SMARTS) is 1. The lowest BCUT2D eigenvalue weighted by atomic mass is 10.1. The first-order valence-corrected chi connectivity index (χ1v) is 5.95. The fraction of sp³-hybridized carbons (Fsp3) is 0.385. The average Bonchev–Trinajstić information content (AvgIpc) is 2.61. The summed E-state index contributed by atoms with van der Waals surface area (Å²) in [4.78, 5) is 25.5. The SMILES string of the molecule is CC(C)CCn1c(=O)[nH]c2c(C(=O)O)cccc21. The quantitative estimate of drug-likeness (QED) is 0.869. The molecule has 0 amide bonds. The van der Waals surface area contributed by atoms with Crippen molar-refractivity contribution in [1.29, 1.82) is 0 Å². The summed E-state index contributed by atoms with van der Waals surface area (Å²) >= 11 is 0. The van der Waals surface area contributed by atoms with Gasteiger partial charge in [0.25, 0.3) is 0 Å².